The zero-order valence-corrected chi connectivity index (χ0v) is 26.4. The minimum absolute atomic E-state index is 0.0411. The van der Waals surface area contributed by atoms with Crippen molar-refractivity contribution in [3.05, 3.63) is 94.7 Å². The molecule has 0 bridgehead atoms. The summed E-state index contributed by atoms with van der Waals surface area (Å²) in [7, 11) is 0. The highest BCUT2D eigenvalue weighted by Gasteiger charge is 2.34. The third-order valence-corrected chi connectivity index (χ3v) is 7.44. The lowest BCUT2D eigenvalue weighted by atomic mass is 9.98. The zero-order chi connectivity index (χ0) is 34.1. The second-order valence-corrected chi connectivity index (χ2v) is 12.0. The number of amides is 2. The van der Waals surface area contributed by atoms with Gasteiger partial charge in [-0.2, -0.15) is 5.23 Å². The molecule has 3 aromatic carbocycles. The van der Waals surface area contributed by atoms with Crippen molar-refractivity contribution >= 4 is 29.8 Å². The Kier molecular flexibility index (Phi) is 11.5. The molecule has 0 fully saturated rings. The number of carboxylic acids is 1. The van der Waals surface area contributed by atoms with Gasteiger partial charge in [-0.05, 0) is 68.4 Å². The number of carbonyl (C=O) groups excluding carboxylic acids is 3. The molecule has 2 amide bonds. The molecule has 47 heavy (non-hydrogen) atoms. The van der Waals surface area contributed by atoms with Gasteiger partial charge < -0.3 is 35.2 Å². The maximum Gasteiger partial charge on any atom is 0.408 e. The third-order valence-electron chi connectivity index (χ3n) is 7.44. The number of ether oxygens (including phenoxy) is 3. The normalized spacial score (nSPS) is 14.1. The van der Waals surface area contributed by atoms with Gasteiger partial charge in [0, 0.05) is 18.5 Å². The summed E-state index contributed by atoms with van der Waals surface area (Å²) < 4.78 is 16.1. The molecule has 2 unspecified atom stereocenters. The number of esters is 1. The highest BCUT2D eigenvalue weighted by molar-refractivity contribution is 5.82. The number of nitrogens with one attached hydrogen (secondary N) is 3. The average molecular weight is 650 g/mol. The molecule has 0 heterocycles. The van der Waals surface area contributed by atoms with Crippen LogP contribution in [0.25, 0.3) is 11.1 Å². The molecular formula is C34H39N3O10. The minimum atomic E-state index is -1.64. The van der Waals surface area contributed by atoms with E-state index < -0.39 is 47.1 Å². The van der Waals surface area contributed by atoms with Crippen LogP contribution < -0.4 is 15.9 Å². The maximum absolute atomic E-state index is 12.9. The highest BCUT2D eigenvalue weighted by Crippen LogP contribution is 2.44. The number of quaternary nitrogens is 1. The number of carboxylic acid groups (broad SMARTS) is 1. The molecule has 0 saturated carbocycles. The standard InChI is InChI=1S/C34H39N3O10/c1-34(2,3)47-31(40)29(25-16-8-9-18-28(25)37(43)44)46-32(41)35-19-11-10-17-27(30(38)39)36-33(42)45-20-26-23-14-6-4-12-21(23)22-13-5-7-15-24(22)26/h4-9,12-16,18,26-27,29,37,43H,10-11,17,19-20H2,1-3H3,(H,35,41)(H,36,42)(H,38,39)/t27-,29?/m1/s1. The second-order valence-electron chi connectivity index (χ2n) is 12.0. The number of aliphatic carboxylic acids is 1. The first kappa shape index (κ1) is 34.9. The van der Waals surface area contributed by atoms with E-state index in [1.165, 1.54) is 24.3 Å². The summed E-state index contributed by atoms with van der Waals surface area (Å²) >= 11 is 0. The summed E-state index contributed by atoms with van der Waals surface area (Å²) in [5.41, 5.74) is 3.01. The molecule has 5 N–H and O–H groups in total. The van der Waals surface area contributed by atoms with Gasteiger partial charge in [-0.25, -0.2) is 24.4 Å². The summed E-state index contributed by atoms with van der Waals surface area (Å²) in [6.45, 7) is 4.96. The lowest BCUT2D eigenvalue weighted by Crippen LogP contribution is -2.99. The predicted octanol–water partition coefficient (Wildman–Crippen LogP) is 4.36. The summed E-state index contributed by atoms with van der Waals surface area (Å²) in [5, 5.41) is 34.5. The first-order chi connectivity index (χ1) is 22.4. The Balaban J connectivity index is 1.25. The SMILES string of the molecule is CC(C)(C)OC(=O)C(OC(=O)NCCCC[C@@H](NC(=O)OCC1c2ccccc2-c2ccccc21)C(=O)O)c1ccccc1[NH+]([O-])O. The molecule has 0 spiro atoms. The molecule has 0 radical (unpaired) electrons. The van der Waals surface area contributed by atoms with E-state index in [1.807, 2.05) is 48.5 Å². The molecule has 0 saturated heterocycles. The quantitative estimate of drug-likeness (QED) is 0.0770. The summed E-state index contributed by atoms with van der Waals surface area (Å²) in [5.74, 6) is -2.34. The van der Waals surface area contributed by atoms with Crippen LogP contribution >= 0.6 is 0 Å². The molecule has 3 atom stereocenters. The van der Waals surface area contributed by atoms with Crippen molar-refractivity contribution in [2.24, 2.45) is 0 Å². The number of hydrogen-bond acceptors (Lipinski definition) is 9. The van der Waals surface area contributed by atoms with E-state index in [0.717, 1.165) is 22.3 Å². The van der Waals surface area contributed by atoms with Crippen LogP contribution in [0.1, 0.15) is 68.7 Å². The first-order valence-electron chi connectivity index (χ1n) is 15.2. The van der Waals surface area contributed by atoms with Crippen molar-refractivity contribution in [1.82, 2.24) is 10.6 Å². The number of alkyl carbamates (subject to hydrolysis) is 2. The van der Waals surface area contributed by atoms with E-state index in [1.54, 1.807) is 20.8 Å². The van der Waals surface area contributed by atoms with Crippen molar-refractivity contribution in [2.75, 3.05) is 13.2 Å². The smallest absolute Gasteiger partial charge is 0.408 e. The topological polar surface area (TPSA) is 188 Å². The van der Waals surface area contributed by atoms with Gasteiger partial charge in [0.1, 0.15) is 18.2 Å². The van der Waals surface area contributed by atoms with Gasteiger partial charge in [-0.1, -0.05) is 60.7 Å². The van der Waals surface area contributed by atoms with Gasteiger partial charge in [0.05, 0.1) is 5.56 Å². The van der Waals surface area contributed by atoms with Gasteiger partial charge in [-0.15, -0.1) is 0 Å². The van der Waals surface area contributed by atoms with Crippen LogP contribution in [0.3, 0.4) is 0 Å². The van der Waals surface area contributed by atoms with E-state index in [4.69, 9.17) is 14.2 Å². The fourth-order valence-electron chi connectivity index (χ4n) is 5.37. The zero-order valence-electron chi connectivity index (χ0n) is 26.4. The van der Waals surface area contributed by atoms with Crippen LogP contribution in [0.15, 0.2) is 72.8 Å². The van der Waals surface area contributed by atoms with Crippen molar-refractivity contribution in [1.29, 1.82) is 0 Å². The Labute approximate surface area is 272 Å². The molecule has 0 aromatic heterocycles. The van der Waals surface area contributed by atoms with E-state index in [2.05, 4.69) is 10.6 Å². The Morgan fingerprint density at radius 1 is 0.894 bits per heavy atom. The number of unbranched alkanes of at least 4 members (excludes halogenated alkanes) is 1. The van der Waals surface area contributed by atoms with Crippen LogP contribution in [0, 0.1) is 5.21 Å². The van der Waals surface area contributed by atoms with Crippen molar-refractivity contribution < 1.29 is 48.9 Å². The lowest BCUT2D eigenvalue weighted by Gasteiger charge is -2.25. The van der Waals surface area contributed by atoms with E-state index >= 15 is 0 Å². The van der Waals surface area contributed by atoms with Gasteiger partial charge in [-0.3, -0.25) is 0 Å². The van der Waals surface area contributed by atoms with Crippen LogP contribution in [-0.2, 0) is 23.8 Å². The van der Waals surface area contributed by atoms with Crippen LogP contribution in [0.2, 0.25) is 0 Å². The summed E-state index contributed by atoms with van der Waals surface area (Å²) in [6, 6.07) is 20.1. The van der Waals surface area contributed by atoms with Crippen molar-refractivity contribution in [2.45, 2.75) is 63.7 Å². The van der Waals surface area contributed by atoms with Crippen molar-refractivity contribution in [3.8, 4) is 11.1 Å². The lowest BCUT2D eigenvalue weighted by molar-refractivity contribution is -0.991. The van der Waals surface area contributed by atoms with E-state index in [-0.39, 0.29) is 36.7 Å². The fraction of sp³-hybridized carbons (Fsp3) is 0.353. The molecule has 13 heteroatoms. The highest BCUT2D eigenvalue weighted by atomic mass is 16.8. The fourth-order valence-corrected chi connectivity index (χ4v) is 5.37. The van der Waals surface area contributed by atoms with Gasteiger partial charge >= 0.3 is 24.1 Å². The Morgan fingerprint density at radius 2 is 1.49 bits per heavy atom. The van der Waals surface area contributed by atoms with Crippen LogP contribution in [0.5, 0.6) is 0 Å². The number of carbonyl (C=O) groups is 4. The Morgan fingerprint density at radius 3 is 2.09 bits per heavy atom. The van der Waals surface area contributed by atoms with Gasteiger partial charge in [0.2, 0.25) is 6.10 Å². The summed E-state index contributed by atoms with van der Waals surface area (Å²) in [4.78, 5) is 49.9. The number of benzene rings is 3. The minimum Gasteiger partial charge on any atom is -0.595 e. The third kappa shape index (κ3) is 9.28. The van der Waals surface area contributed by atoms with E-state index in [0.29, 0.717) is 12.8 Å². The van der Waals surface area contributed by atoms with Crippen LogP contribution in [0.4, 0.5) is 15.3 Å². The van der Waals surface area contributed by atoms with Crippen molar-refractivity contribution in [3.63, 3.8) is 0 Å². The number of fused-ring (bicyclic) bond motifs is 3. The number of rotatable bonds is 13. The molecule has 3 aromatic rings. The van der Waals surface area contributed by atoms with Gasteiger partial charge in [0.15, 0.2) is 5.69 Å². The Hall–Kier alpha value is -4.98. The molecule has 13 nitrogen and oxygen atoms in total. The molecule has 4 rings (SSSR count). The molecule has 0 aliphatic heterocycles. The van der Waals surface area contributed by atoms with Crippen LogP contribution in [-0.4, -0.2) is 59.2 Å². The first-order valence-corrected chi connectivity index (χ1v) is 15.2. The largest absolute Gasteiger partial charge is 0.595 e. The second kappa shape index (κ2) is 15.5. The monoisotopic (exact) mass is 649 g/mol. The average Bonchev–Trinajstić information content (AvgIpc) is 3.34. The number of hydrogen-bond donors (Lipinski definition) is 5. The molecule has 1 aliphatic carbocycles. The maximum atomic E-state index is 12.9. The predicted molar refractivity (Wildman–Crippen MR) is 169 cm³/mol. The molecule has 250 valence electrons. The molecule has 1 aliphatic rings. The number of para-hydroxylation sites is 1. The molecular weight excluding hydrogens is 610 g/mol. The summed E-state index contributed by atoms with van der Waals surface area (Å²) in [6.07, 6.45) is -2.81. The van der Waals surface area contributed by atoms with E-state index in [9.17, 15) is 34.7 Å². The Bertz CT molecular complexity index is 1540. The van der Waals surface area contributed by atoms with Gasteiger partial charge in [0.25, 0.3) is 0 Å².